The third-order valence-corrected chi connectivity index (χ3v) is 11.1. The Morgan fingerprint density at radius 1 is 0.768 bits per heavy atom. The molecule has 4 heterocycles. The fraction of sp³-hybridized carbons (Fsp3) is 0.368. The molecule has 4 aliphatic heterocycles. The van der Waals surface area contributed by atoms with Crippen LogP contribution in [-0.4, -0.2) is 63.2 Å². The monoisotopic (exact) mass is 792 g/mol. The summed E-state index contributed by atoms with van der Waals surface area (Å²) in [4.78, 5) is 54.1. The lowest BCUT2D eigenvalue weighted by atomic mass is 9.76. The normalized spacial score (nSPS) is 25.8. The van der Waals surface area contributed by atoms with Crippen molar-refractivity contribution >= 4 is 29.6 Å². The number of nitrogens with one attached hydrogen (secondary N) is 1. The minimum atomic E-state index is -3.55. The lowest BCUT2D eigenvalue weighted by Crippen LogP contribution is -2.35. The van der Waals surface area contributed by atoms with E-state index < -0.39 is 153 Å². The number of nitrogens with zero attached hydrogens (tertiary/aromatic N) is 1. The molecule has 6 aliphatic rings. The summed E-state index contributed by atoms with van der Waals surface area (Å²) in [5.74, 6) is -24.6. The van der Waals surface area contributed by atoms with Crippen molar-refractivity contribution in [3.8, 4) is 0 Å². The highest BCUT2D eigenvalue weighted by atomic mass is 19.3. The molecule has 1 N–H and O–H groups in total. The molecule has 10 nitrogen and oxygen atoms in total. The summed E-state index contributed by atoms with van der Waals surface area (Å²) < 4.78 is 144. The van der Waals surface area contributed by atoms with Crippen LogP contribution in [0.15, 0.2) is 63.3 Å². The van der Waals surface area contributed by atoms with Crippen molar-refractivity contribution in [2.45, 2.75) is 62.2 Å². The van der Waals surface area contributed by atoms with Crippen LogP contribution in [0.4, 0.5) is 40.8 Å². The standard InChI is InChI=1S/C38H28F8N2O8/c1-12-23(33(49)53-3)27(29-21(47-12)10-55-35(29)51)16-7-20(41)32(31(42)26(16)18-9-38(18,45)46)48-13(2)24(34(50)54-4)28(30-22(48)11-56-36(30)52)15-5-14(39)6-19(40)25(15)17-8-37(17,43)44/h5-7,17-18,27-28,47H,8-11H2,1-4H3/t17-,18+,27+,28+/m1/s1. The van der Waals surface area contributed by atoms with E-state index in [1.54, 1.807) is 0 Å². The Kier molecular flexibility index (Phi) is 8.26. The molecule has 2 aromatic rings. The minimum Gasteiger partial charge on any atom is -0.466 e. The number of ether oxygens (including phenoxy) is 4. The topological polar surface area (TPSA) is 120 Å². The lowest BCUT2D eigenvalue weighted by Gasteiger charge is -2.37. The maximum absolute atomic E-state index is 17.5. The van der Waals surface area contributed by atoms with Gasteiger partial charge in [0.05, 0.1) is 71.6 Å². The van der Waals surface area contributed by atoms with Crippen LogP contribution in [0.5, 0.6) is 0 Å². The smallest absolute Gasteiger partial charge is 0.337 e. The van der Waals surface area contributed by atoms with Gasteiger partial charge in [-0.05, 0) is 37.1 Å². The molecule has 294 valence electrons. The van der Waals surface area contributed by atoms with Crippen LogP contribution >= 0.6 is 0 Å². The second-order valence-corrected chi connectivity index (χ2v) is 14.2. The third-order valence-electron chi connectivity index (χ3n) is 11.1. The highest BCUT2D eigenvalue weighted by molar-refractivity contribution is 6.04. The summed E-state index contributed by atoms with van der Waals surface area (Å²) in [6.45, 7) is 1.41. The number of rotatable bonds is 7. The van der Waals surface area contributed by atoms with Gasteiger partial charge >= 0.3 is 23.9 Å². The number of dihydropyridines is 1. The number of hydrogen-bond donors (Lipinski definition) is 1. The van der Waals surface area contributed by atoms with E-state index in [1.165, 1.54) is 6.92 Å². The summed E-state index contributed by atoms with van der Waals surface area (Å²) in [5.41, 5.74) is -6.26. The van der Waals surface area contributed by atoms with Crippen LogP contribution in [0.3, 0.4) is 0 Å². The van der Waals surface area contributed by atoms with Gasteiger partial charge in [-0.3, -0.25) is 0 Å². The first-order valence-corrected chi connectivity index (χ1v) is 17.1. The Morgan fingerprint density at radius 2 is 1.30 bits per heavy atom. The van der Waals surface area contributed by atoms with E-state index in [4.69, 9.17) is 18.9 Å². The second kappa shape index (κ2) is 12.4. The fourth-order valence-corrected chi connectivity index (χ4v) is 8.40. The van der Waals surface area contributed by atoms with Crippen molar-refractivity contribution in [3.63, 3.8) is 0 Å². The van der Waals surface area contributed by atoms with Gasteiger partial charge in [0.1, 0.15) is 30.5 Å². The zero-order valence-electron chi connectivity index (χ0n) is 29.6. The highest BCUT2D eigenvalue weighted by Gasteiger charge is 2.62. The Labute approximate surface area is 311 Å². The van der Waals surface area contributed by atoms with Crippen LogP contribution in [0.1, 0.15) is 72.6 Å². The molecule has 56 heavy (non-hydrogen) atoms. The van der Waals surface area contributed by atoms with Crippen LogP contribution in [0, 0.1) is 23.3 Å². The fourth-order valence-electron chi connectivity index (χ4n) is 8.40. The number of carbonyl (C=O) groups excluding carboxylic acids is 4. The van der Waals surface area contributed by atoms with Gasteiger partial charge < -0.3 is 29.2 Å². The van der Waals surface area contributed by atoms with Gasteiger partial charge in [-0.25, -0.2) is 54.3 Å². The first-order chi connectivity index (χ1) is 26.3. The molecule has 2 aromatic carbocycles. The van der Waals surface area contributed by atoms with Crippen LogP contribution in [0.2, 0.25) is 0 Å². The number of carbonyl (C=O) groups is 4. The van der Waals surface area contributed by atoms with Crippen molar-refractivity contribution < 1.29 is 73.2 Å². The average molecular weight is 793 g/mol. The van der Waals surface area contributed by atoms with Gasteiger partial charge in [0.15, 0.2) is 11.6 Å². The molecule has 0 aromatic heterocycles. The molecular formula is C38H28F8N2O8. The van der Waals surface area contributed by atoms with Crippen molar-refractivity contribution in [3.05, 3.63) is 109 Å². The molecule has 8 rings (SSSR count). The molecular weight excluding hydrogens is 764 g/mol. The van der Waals surface area contributed by atoms with E-state index in [2.05, 4.69) is 5.32 Å². The van der Waals surface area contributed by atoms with E-state index in [9.17, 15) is 32.3 Å². The maximum atomic E-state index is 17.5. The quantitative estimate of drug-likeness (QED) is 0.195. The molecule has 0 saturated heterocycles. The Hall–Kier alpha value is -5.68. The number of cyclic esters (lactones) is 2. The van der Waals surface area contributed by atoms with E-state index in [1.807, 2.05) is 0 Å². The van der Waals surface area contributed by atoms with Crippen LogP contribution in [-0.2, 0) is 38.1 Å². The lowest BCUT2D eigenvalue weighted by molar-refractivity contribution is -0.138. The molecule has 2 aliphatic carbocycles. The SMILES string of the molecule is COC(=O)C1=C(C)N(c2c(F)cc([C@H]3C(C(=O)OC)=C(C)NC4=C3C(=O)OC4)c([C@@H]3CC3(F)F)c2F)C2=C(C(=O)OC2)[C@H]1c1cc(F)cc(F)c1[C@H]1CC1(F)F. The molecule has 0 spiro atoms. The molecule has 0 bridgehead atoms. The van der Waals surface area contributed by atoms with Gasteiger partial charge in [0.25, 0.3) is 11.8 Å². The van der Waals surface area contributed by atoms with Crippen molar-refractivity contribution in [2.24, 2.45) is 0 Å². The number of hydrogen-bond acceptors (Lipinski definition) is 10. The predicted molar refractivity (Wildman–Crippen MR) is 174 cm³/mol. The van der Waals surface area contributed by atoms with E-state index >= 15 is 22.0 Å². The molecule has 2 saturated carbocycles. The Bertz CT molecular complexity index is 2370. The van der Waals surface area contributed by atoms with Gasteiger partial charge in [-0.1, -0.05) is 0 Å². The molecule has 0 amide bonds. The van der Waals surface area contributed by atoms with Crippen LogP contribution in [0.25, 0.3) is 0 Å². The number of benzene rings is 2. The molecule has 4 atom stereocenters. The van der Waals surface area contributed by atoms with Gasteiger partial charge in [0, 0.05) is 41.4 Å². The molecule has 0 unspecified atom stereocenters. The summed E-state index contributed by atoms with van der Waals surface area (Å²) >= 11 is 0. The molecule has 0 radical (unpaired) electrons. The number of halogens is 8. The number of methoxy groups -OCH3 is 2. The Morgan fingerprint density at radius 3 is 1.91 bits per heavy atom. The highest BCUT2D eigenvalue weighted by Crippen LogP contribution is 2.62. The van der Waals surface area contributed by atoms with Crippen molar-refractivity contribution in [1.29, 1.82) is 0 Å². The average Bonchev–Trinajstić information content (AvgIpc) is 3.80. The van der Waals surface area contributed by atoms with Crippen LogP contribution < -0.4 is 10.2 Å². The van der Waals surface area contributed by atoms with E-state index in [-0.39, 0.29) is 29.1 Å². The summed E-state index contributed by atoms with van der Waals surface area (Å²) in [5, 5.41) is 2.82. The summed E-state index contributed by atoms with van der Waals surface area (Å²) in [7, 11) is 1.89. The largest absolute Gasteiger partial charge is 0.466 e. The zero-order chi connectivity index (χ0) is 40.5. The van der Waals surface area contributed by atoms with Crippen molar-refractivity contribution in [1.82, 2.24) is 5.32 Å². The van der Waals surface area contributed by atoms with Gasteiger partial charge in [-0.2, -0.15) is 0 Å². The predicted octanol–water partition coefficient (Wildman–Crippen LogP) is 6.29. The zero-order valence-corrected chi connectivity index (χ0v) is 29.6. The second-order valence-electron chi connectivity index (χ2n) is 14.2. The number of esters is 4. The Balaban J connectivity index is 1.39. The maximum Gasteiger partial charge on any atom is 0.337 e. The summed E-state index contributed by atoms with van der Waals surface area (Å²) in [6, 6.07) is 1.66. The molecule has 2 fully saturated rings. The number of allylic oxidation sites excluding steroid dienone is 2. The third kappa shape index (κ3) is 5.34. The molecule has 18 heteroatoms. The summed E-state index contributed by atoms with van der Waals surface area (Å²) in [6.07, 6.45) is -1.77. The van der Waals surface area contributed by atoms with Gasteiger partial charge in [0.2, 0.25) is 0 Å². The first-order valence-electron chi connectivity index (χ1n) is 17.1. The van der Waals surface area contributed by atoms with Crippen molar-refractivity contribution in [2.75, 3.05) is 32.3 Å². The number of anilines is 1. The minimum absolute atomic E-state index is 0.0781. The van der Waals surface area contributed by atoms with E-state index in [0.29, 0.717) is 23.1 Å². The number of alkyl halides is 4. The first kappa shape index (κ1) is 37.3. The van der Waals surface area contributed by atoms with E-state index in [0.717, 1.165) is 21.1 Å². The van der Waals surface area contributed by atoms with Gasteiger partial charge in [-0.15, -0.1) is 0 Å².